The van der Waals surface area contributed by atoms with E-state index in [0.29, 0.717) is 37.1 Å². The van der Waals surface area contributed by atoms with E-state index in [2.05, 4.69) is 4.98 Å². The van der Waals surface area contributed by atoms with Crippen LogP contribution in [0.3, 0.4) is 0 Å². The summed E-state index contributed by atoms with van der Waals surface area (Å²) in [5.74, 6) is -0.469. The highest BCUT2D eigenvalue weighted by atomic mass is 19.1. The zero-order chi connectivity index (χ0) is 15.0. The van der Waals surface area contributed by atoms with E-state index < -0.39 is 0 Å². The zero-order valence-electron chi connectivity index (χ0n) is 11.7. The Hall–Kier alpha value is -2.37. The summed E-state index contributed by atoms with van der Waals surface area (Å²) < 4.78 is 13.4. The molecule has 0 saturated carbocycles. The van der Waals surface area contributed by atoms with Gasteiger partial charge in [-0.2, -0.15) is 0 Å². The fourth-order valence-corrected chi connectivity index (χ4v) is 2.66. The molecule has 6 heteroatoms. The third-order valence-electron chi connectivity index (χ3n) is 3.89. The molecular weight excluding hydrogens is 273 g/mol. The van der Waals surface area contributed by atoms with Crippen molar-refractivity contribution in [2.24, 2.45) is 0 Å². The van der Waals surface area contributed by atoms with E-state index in [-0.39, 0.29) is 17.6 Å². The highest BCUT2D eigenvalue weighted by molar-refractivity contribution is 6.06. The molecule has 110 valence electrons. The fourth-order valence-electron chi connectivity index (χ4n) is 2.66. The van der Waals surface area contributed by atoms with Crippen LogP contribution < -0.4 is 0 Å². The van der Waals surface area contributed by atoms with Crippen molar-refractivity contribution in [2.75, 3.05) is 26.2 Å². The van der Waals surface area contributed by atoms with E-state index in [4.69, 9.17) is 0 Å². The minimum atomic E-state index is -0.363. The molecule has 0 unspecified atom stereocenters. The van der Waals surface area contributed by atoms with E-state index in [1.807, 2.05) is 0 Å². The summed E-state index contributed by atoms with van der Waals surface area (Å²) in [6.45, 7) is 3.61. The van der Waals surface area contributed by atoms with Crippen LogP contribution in [-0.2, 0) is 4.79 Å². The van der Waals surface area contributed by atoms with Crippen LogP contribution in [0.5, 0.6) is 0 Å². The number of H-pyrrole nitrogens is 1. The van der Waals surface area contributed by atoms with Crippen LogP contribution in [0.25, 0.3) is 10.9 Å². The Balaban J connectivity index is 1.82. The SMILES string of the molecule is CC(=O)N1CCN(C(=O)c2c[nH]c3ccc(F)cc23)CC1. The summed E-state index contributed by atoms with van der Waals surface area (Å²) in [6.07, 6.45) is 1.61. The molecule has 0 atom stereocenters. The van der Waals surface area contributed by atoms with Crippen molar-refractivity contribution in [2.45, 2.75) is 6.92 Å². The Morgan fingerprint density at radius 3 is 2.48 bits per heavy atom. The molecule has 2 aromatic rings. The molecule has 0 aliphatic carbocycles. The minimum Gasteiger partial charge on any atom is -0.360 e. The molecule has 1 aromatic heterocycles. The second kappa shape index (κ2) is 5.20. The maximum Gasteiger partial charge on any atom is 0.256 e. The number of fused-ring (bicyclic) bond motifs is 1. The largest absolute Gasteiger partial charge is 0.360 e. The van der Waals surface area contributed by atoms with E-state index in [0.717, 1.165) is 5.52 Å². The zero-order valence-corrected chi connectivity index (χ0v) is 11.7. The maximum atomic E-state index is 13.4. The summed E-state index contributed by atoms with van der Waals surface area (Å²) in [4.78, 5) is 30.2. The van der Waals surface area contributed by atoms with Crippen molar-refractivity contribution >= 4 is 22.7 Å². The van der Waals surface area contributed by atoms with Gasteiger partial charge in [0.05, 0.1) is 5.56 Å². The lowest BCUT2D eigenvalue weighted by Gasteiger charge is -2.34. The average molecular weight is 289 g/mol. The topological polar surface area (TPSA) is 56.4 Å². The number of rotatable bonds is 1. The third kappa shape index (κ3) is 2.49. The van der Waals surface area contributed by atoms with Gasteiger partial charge < -0.3 is 14.8 Å². The molecule has 21 heavy (non-hydrogen) atoms. The molecule has 3 rings (SSSR count). The number of nitrogens with zero attached hydrogens (tertiary/aromatic N) is 2. The van der Waals surface area contributed by atoms with Crippen LogP contribution in [-0.4, -0.2) is 52.8 Å². The predicted octanol–water partition coefficient (Wildman–Crippen LogP) is 1.61. The van der Waals surface area contributed by atoms with E-state index in [9.17, 15) is 14.0 Å². The number of halogens is 1. The molecule has 1 N–H and O–H groups in total. The molecule has 1 aliphatic rings. The molecule has 0 bridgehead atoms. The van der Waals surface area contributed by atoms with Crippen LogP contribution in [0, 0.1) is 5.82 Å². The lowest BCUT2D eigenvalue weighted by atomic mass is 10.1. The molecule has 5 nitrogen and oxygen atoms in total. The van der Waals surface area contributed by atoms with Crippen LogP contribution in [0.4, 0.5) is 4.39 Å². The number of hydrogen-bond acceptors (Lipinski definition) is 2. The van der Waals surface area contributed by atoms with E-state index in [1.165, 1.54) is 19.1 Å². The summed E-state index contributed by atoms with van der Waals surface area (Å²) in [7, 11) is 0. The molecule has 2 amide bonds. The monoisotopic (exact) mass is 289 g/mol. The second-order valence-electron chi connectivity index (χ2n) is 5.19. The Bertz CT molecular complexity index is 702. The lowest BCUT2D eigenvalue weighted by molar-refractivity contribution is -0.130. The lowest BCUT2D eigenvalue weighted by Crippen LogP contribution is -2.50. The number of nitrogens with one attached hydrogen (secondary N) is 1. The molecule has 1 aromatic carbocycles. The molecule has 0 radical (unpaired) electrons. The standard InChI is InChI=1S/C15H16FN3O2/c1-10(20)18-4-6-19(7-5-18)15(21)13-9-17-14-3-2-11(16)8-12(13)14/h2-3,8-9,17H,4-7H2,1H3. The van der Waals surface area contributed by atoms with Crippen molar-refractivity contribution < 1.29 is 14.0 Å². The Morgan fingerprint density at radius 2 is 1.81 bits per heavy atom. The number of carbonyl (C=O) groups excluding carboxylic acids is 2. The van der Waals surface area contributed by atoms with Gasteiger partial charge >= 0.3 is 0 Å². The third-order valence-corrected chi connectivity index (χ3v) is 3.89. The molecule has 1 aliphatic heterocycles. The van der Waals surface area contributed by atoms with Crippen LogP contribution in [0.1, 0.15) is 17.3 Å². The molecule has 1 saturated heterocycles. The summed E-state index contributed by atoms with van der Waals surface area (Å²) in [6, 6.07) is 4.35. The van der Waals surface area contributed by atoms with Crippen molar-refractivity contribution in [1.82, 2.24) is 14.8 Å². The normalized spacial score (nSPS) is 15.5. The van der Waals surface area contributed by atoms with Crippen molar-refractivity contribution in [3.63, 3.8) is 0 Å². The van der Waals surface area contributed by atoms with Crippen molar-refractivity contribution in [3.05, 3.63) is 35.8 Å². The molecule has 0 spiro atoms. The first-order valence-corrected chi connectivity index (χ1v) is 6.87. The first-order chi connectivity index (χ1) is 10.1. The van der Waals surface area contributed by atoms with E-state index in [1.54, 1.807) is 22.1 Å². The van der Waals surface area contributed by atoms with Gasteiger partial charge in [-0.15, -0.1) is 0 Å². The van der Waals surface area contributed by atoms with Crippen molar-refractivity contribution in [3.8, 4) is 0 Å². The van der Waals surface area contributed by atoms with E-state index >= 15 is 0 Å². The number of amides is 2. The van der Waals surface area contributed by atoms with Gasteiger partial charge in [0, 0.05) is 50.2 Å². The Kier molecular flexibility index (Phi) is 3.37. The predicted molar refractivity (Wildman–Crippen MR) is 76.4 cm³/mol. The van der Waals surface area contributed by atoms with Gasteiger partial charge in [0.25, 0.3) is 5.91 Å². The number of carbonyl (C=O) groups is 2. The van der Waals surface area contributed by atoms with Gasteiger partial charge in [-0.1, -0.05) is 0 Å². The van der Waals surface area contributed by atoms with Gasteiger partial charge in [0.15, 0.2) is 0 Å². The Morgan fingerprint density at radius 1 is 1.14 bits per heavy atom. The smallest absolute Gasteiger partial charge is 0.256 e. The van der Waals surface area contributed by atoms with Crippen molar-refractivity contribution in [1.29, 1.82) is 0 Å². The molecule has 1 fully saturated rings. The highest BCUT2D eigenvalue weighted by Gasteiger charge is 2.24. The summed E-state index contributed by atoms with van der Waals surface area (Å²) in [5, 5.41) is 0.592. The van der Waals surface area contributed by atoms with Gasteiger partial charge in [-0.3, -0.25) is 9.59 Å². The number of aromatic amines is 1. The second-order valence-corrected chi connectivity index (χ2v) is 5.19. The van der Waals surface area contributed by atoms with Gasteiger partial charge in [0.1, 0.15) is 5.82 Å². The number of aromatic nitrogens is 1. The minimum absolute atomic E-state index is 0.0243. The van der Waals surface area contributed by atoms with Crippen LogP contribution in [0.15, 0.2) is 24.4 Å². The van der Waals surface area contributed by atoms with Gasteiger partial charge in [-0.25, -0.2) is 4.39 Å². The molecular formula is C15H16FN3O2. The molecule has 2 heterocycles. The summed E-state index contributed by atoms with van der Waals surface area (Å²) in [5.41, 5.74) is 1.21. The van der Waals surface area contributed by atoms with Gasteiger partial charge in [0.2, 0.25) is 5.91 Å². The highest BCUT2D eigenvalue weighted by Crippen LogP contribution is 2.21. The first-order valence-electron chi connectivity index (χ1n) is 6.87. The number of benzene rings is 1. The Labute approximate surface area is 121 Å². The summed E-state index contributed by atoms with van der Waals surface area (Å²) >= 11 is 0. The first kappa shape index (κ1) is 13.6. The van der Waals surface area contributed by atoms with Gasteiger partial charge in [-0.05, 0) is 18.2 Å². The number of piperazine rings is 1. The quantitative estimate of drug-likeness (QED) is 0.867. The number of hydrogen-bond donors (Lipinski definition) is 1. The average Bonchev–Trinajstić information content (AvgIpc) is 2.89. The maximum absolute atomic E-state index is 13.4. The van der Waals surface area contributed by atoms with Crippen LogP contribution in [0.2, 0.25) is 0 Å². The van der Waals surface area contributed by atoms with Crippen LogP contribution >= 0.6 is 0 Å². The fraction of sp³-hybridized carbons (Fsp3) is 0.333.